The molecule has 7 nitrogen and oxygen atoms in total. The summed E-state index contributed by atoms with van der Waals surface area (Å²) in [6, 6.07) is 24.3. The summed E-state index contributed by atoms with van der Waals surface area (Å²) in [7, 11) is -3.94. The number of hydrogen-bond donors (Lipinski definition) is 3. The number of benzene rings is 3. The molecule has 0 saturated carbocycles. The van der Waals surface area contributed by atoms with E-state index in [4.69, 9.17) is 9.47 Å². The summed E-state index contributed by atoms with van der Waals surface area (Å²) in [5.74, 6) is 0. The highest BCUT2D eigenvalue weighted by molar-refractivity contribution is 7.89. The van der Waals surface area contributed by atoms with Crippen LogP contribution >= 0.6 is 0 Å². The summed E-state index contributed by atoms with van der Waals surface area (Å²) in [5, 5.41) is 20.2. The normalized spacial score (nSPS) is 14.4. The number of sulfonamides is 1. The predicted octanol–water partition coefficient (Wildman–Crippen LogP) is 2.80. The largest absolute Gasteiger partial charge is 0.394 e. The lowest BCUT2D eigenvalue weighted by Gasteiger charge is -2.31. The highest BCUT2D eigenvalue weighted by Crippen LogP contribution is 2.16. The molecule has 8 heteroatoms. The van der Waals surface area contributed by atoms with Gasteiger partial charge in [0.1, 0.15) is 12.2 Å². The van der Waals surface area contributed by atoms with Gasteiger partial charge in [0.15, 0.2) is 0 Å². The molecular weight excluding hydrogens is 454 g/mol. The molecule has 0 amide bonds. The van der Waals surface area contributed by atoms with Crippen molar-refractivity contribution in [3.05, 3.63) is 102 Å². The Kier molecular flexibility index (Phi) is 9.76. The van der Waals surface area contributed by atoms with E-state index in [1.807, 2.05) is 67.6 Å². The van der Waals surface area contributed by atoms with Gasteiger partial charge in [-0.3, -0.25) is 0 Å². The van der Waals surface area contributed by atoms with E-state index in [1.165, 1.54) is 12.1 Å². The third-order valence-corrected chi connectivity index (χ3v) is 6.80. The van der Waals surface area contributed by atoms with Crippen molar-refractivity contribution in [2.75, 3.05) is 13.2 Å². The molecular formula is C26H31NO6S. The molecule has 182 valence electrons. The Morgan fingerprint density at radius 2 is 1.41 bits per heavy atom. The number of hydrogen-bond acceptors (Lipinski definition) is 6. The molecule has 0 saturated heterocycles. The quantitative estimate of drug-likeness (QED) is 0.344. The molecule has 0 heterocycles. The van der Waals surface area contributed by atoms with Crippen molar-refractivity contribution in [3.63, 3.8) is 0 Å². The Bertz CT molecular complexity index is 1090. The van der Waals surface area contributed by atoms with Crippen LogP contribution in [0.1, 0.15) is 16.7 Å². The Balaban J connectivity index is 1.80. The number of rotatable bonds is 13. The van der Waals surface area contributed by atoms with Crippen molar-refractivity contribution in [2.24, 2.45) is 0 Å². The average Bonchev–Trinajstić information content (AvgIpc) is 2.85. The standard InChI is InChI=1S/C26H31NO6S/c1-20-12-14-23(15-13-20)34(30,31)27-24(19-32-17-21-8-4-2-5-9-21)26(25(29)16-28)33-18-22-10-6-3-7-11-22/h2-15,24-29H,16-19H2,1H3/t24-,25+,26-/m0/s1. The van der Waals surface area contributed by atoms with E-state index in [9.17, 15) is 18.6 Å². The number of aliphatic hydroxyl groups excluding tert-OH is 2. The number of aryl methyl sites for hydroxylation is 1. The van der Waals surface area contributed by atoms with Gasteiger partial charge in [0.05, 0.1) is 37.4 Å². The van der Waals surface area contributed by atoms with E-state index in [2.05, 4.69) is 4.72 Å². The maximum atomic E-state index is 13.1. The Labute approximate surface area is 201 Å². The zero-order valence-corrected chi connectivity index (χ0v) is 19.9. The summed E-state index contributed by atoms with van der Waals surface area (Å²) >= 11 is 0. The first-order valence-electron chi connectivity index (χ1n) is 11.0. The van der Waals surface area contributed by atoms with Gasteiger partial charge in [-0.1, -0.05) is 78.4 Å². The zero-order valence-electron chi connectivity index (χ0n) is 19.1. The first-order valence-corrected chi connectivity index (χ1v) is 12.5. The molecule has 0 aromatic heterocycles. The van der Waals surface area contributed by atoms with Crippen molar-refractivity contribution in [1.29, 1.82) is 0 Å². The second kappa shape index (κ2) is 12.8. The van der Waals surface area contributed by atoms with E-state index in [-0.39, 0.29) is 24.7 Å². The smallest absolute Gasteiger partial charge is 0.240 e. The molecule has 34 heavy (non-hydrogen) atoms. The molecule has 3 aromatic rings. The summed E-state index contributed by atoms with van der Waals surface area (Å²) in [6.45, 7) is 1.58. The zero-order chi connectivity index (χ0) is 24.4. The van der Waals surface area contributed by atoms with Gasteiger partial charge in [0, 0.05) is 0 Å². The maximum absolute atomic E-state index is 13.1. The fraction of sp³-hybridized carbons (Fsp3) is 0.308. The number of nitrogens with one attached hydrogen (secondary N) is 1. The predicted molar refractivity (Wildman–Crippen MR) is 129 cm³/mol. The van der Waals surface area contributed by atoms with Crippen LogP contribution in [0.15, 0.2) is 89.8 Å². The Hall–Kier alpha value is -2.59. The summed E-state index contributed by atoms with van der Waals surface area (Å²) in [6.07, 6.45) is -2.38. The van der Waals surface area contributed by atoms with E-state index in [0.29, 0.717) is 0 Å². The SMILES string of the molecule is Cc1ccc(S(=O)(=O)N[C@@H](COCc2ccccc2)[C@H](OCc2ccccc2)[C@H](O)CO)cc1. The van der Waals surface area contributed by atoms with E-state index in [0.717, 1.165) is 16.7 Å². The van der Waals surface area contributed by atoms with Crippen molar-refractivity contribution < 1.29 is 28.1 Å². The molecule has 0 aliphatic heterocycles. The Morgan fingerprint density at radius 3 is 1.97 bits per heavy atom. The van der Waals surface area contributed by atoms with Gasteiger partial charge in [0.2, 0.25) is 10.0 Å². The lowest BCUT2D eigenvalue weighted by Crippen LogP contribution is -2.53. The Morgan fingerprint density at radius 1 is 0.853 bits per heavy atom. The third kappa shape index (κ3) is 7.73. The van der Waals surface area contributed by atoms with Gasteiger partial charge in [-0.2, -0.15) is 0 Å². The average molecular weight is 486 g/mol. The minimum absolute atomic E-state index is 0.0729. The van der Waals surface area contributed by atoms with Crippen LogP contribution < -0.4 is 4.72 Å². The van der Waals surface area contributed by atoms with Crippen LogP contribution in [0.3, 0.4) is 0 Å². The van der Waals surface area contributed by atoms with Crippen LogP contribution in [0.2, 0.25) is 0 Å². The summed E-state index contributed by atoms with van der Waals surface area (Å²) in [5.41, 5.74) is 2.71. The number of ether oxygens (including phenoxy) is 2. The summed E-state index contributed by atoms with van der Waals surface area (Å²) < 4.78 is 40.6. The van der Waals surface area contributed by atoms with Gasteiger partial charge >= 0.3 is 0 Å². The second-order valence-corrected chi connectivity index (χ2v) is 9.77. The molecule has 0 unspecified atom stereocenters. The fourth-order valence-electron chi connectivity index (χ4n) is 3.42. The number of aliphatic hydroxyl groups is 2. The molecule has 3 atom stereocenters. The third-order valence-electron chi connectivity index (χ3n) is 5.29. The van der Waals surface area contributed by atoms with Gasteiger partial charge < -0.3 is 19.7 Å². The van der Waals surface area contributed by atoms with Crippen LogP contribution in [-0.2, 0) is 32.7 Å². The monoisotopic (exact) mass is 485 g/mol. The van der Waals surface area contributed by atoms with Crippen molar-refractivity contribution in [3.8, 4) is 0 Å². The van der Waals surface area contributed by atoms with Crippen molar-refractivity contribution >= 4 is 10.0 Å². The van der Waals surface area contributed by atoms with E-state index in [1.54, 1.807) is 12.1 Å². The second-order valence-electron chi connectivity index (χ2n) is 8.05. The first kappa shape index (κ1) is 26.0. The van der Waals surface area contributed by atoms with Gasteiger partial charge in [-0.15, -0.1) is 0 Å². The topological polar surface area (TPSA) is 105 Å². The van der Waals surface area contributed by atoms with Gasteiger partial charge in [0.25, 0.3) is 0 Å². The highest BCUT2D eigenvalue weighted by atomic mass is 32.2. The van der Waals surface area contributed by atoms with Crippen molar-refractivity contribution in [2.45, 2.75) is 43.3 Å². The maximum Gasteiger partial charge on any atom is 0.240 e. The fourth-order valence-corrected chi connectivity index (χ4v) is 4.66. The van der Waals surface area contributed by atoms with Crippen LogP contribution in [0, 0.1) is 6.92 Å². The minimum atomic E-state index is -3.94. The summed E-state index contributed by atoms with van der Waals surface area (Å²) in [4.78, 5) is 0.0893. The van der Waals surface area contributed by atoms with E-state index < -0.39 is 34.9 Å². The van der Waals surface area contributed by atoms with Gasteiger partial charge in [-0.05, 0) is 30.2 Å². The molecule has 3 rings (SSSR count). The lowest BCUT2D eigenvalue weighted by atomic mass is 10.1. The van der Waals surface area contributed by atoms with Gasteiger partial charge in [-0.25, -0.2) is 13.1 Å². The highest BCUT2D eigenvalue weighted by Gasteiger charge is 2.33. The van der Waals surface area contributed by atoms with Crippen LogP contribution in [-0.4, -0.2) is 50.1 Å². The lowest BCUT2D eigenvalue weighted by molar-refractivity contribution is -0.0904. The molecule has 3 N–H and O–H groups in total. The molecule has 0 bridgehead atoms. The molecule has 3 aromatic carbocycles. The van der Waals surface area contributed by atoms with Crippen LogP contribution in [0.25, 0.3) is 0 Å². The van der Waals surface area contributed by atoms with E-state index >= 15 is 0 Å². The van der Waals surface area contributed by atoms with Crippen LogP contribution in [0.5, 0.6) is 0 Å². The molecule has 0 radical (unpaired) electrons. The molecule has 0 aliphatic rings. The first-order chi connectivity index (χ1) is 16.4. The van der Waals surface area contributed by atoms with Crippen molar-refractivity contribution in [1.82, 2.24) is 4.72 Å². The molecule has 0 aliphatic carbocycles. The van der Waals surface area contributed by atoms with Crippen LogP contribution in [0.4, 0.5) is 0 Å². The molecule has 0 spiro atoms. The molecule has 0 fully saturated rings. The minimum Gasteiger partial charge on any atom is -0.394 e.